The van der Waals surface area contributed by atoms with Gasteiger partial charge < -0.3 is 4.57 Å². The maximum absolute atomic E-state index is 2.34. The van der Waals surface area contributed by atoms with Crippen LogP contribution in [0.5, 0.6) is 0 Å². The Morgan fingerprint density at radius 3 is 2.05 bits per heavy atom. The predicted molar refractivity (Wildman–Crippen MR) is 96.9 cm³/mol. The van der Waals surface area contributed by atoms with E-state index in [-0.39, 0.29) is 0 Å². The van der Waals surface area contributed by atoms with E-state index >= 15 is 0 Å². The first-order valence-electron chi connectivity index (χ1n) is 7.90. The third-order valence-electron chi connectivity index (χ3n) is 3.92. The van der Waals surface area contributed by atoms with Gasteiger partial charge in [-0.15, -0.1) is 0 Å². The van der Waals surface area contributed by atoms with E-state index in [2.05, 4.69) is 84.3 Å². The van der Waals surface area contributed by atoms with Crippen LogP contribution in [-0.4, -0.2) is 4.57 Å². The highest BCUT2D eigenvalue weighted by atomic mass is 15.0. The molecule has 4 rings (SSSR count). The van der Waals surface area contributed by atoms with Gasteiger partial charge in [0.1, 0.15) is 0 Å². The molecule has 0 fully saturated rings. The molecule has 0 N–H and O–H groups in total. The summed E-state index contributed by atoms with van der Waals surface area (Å²) in [5.74, 6) is 0. The molecule has 1 heterocycles. The molecule has 0 radical (unpaired) electrons. The van der Waals surface area contributed by atoms with E-state index in [9.17, 15) is 0 Å². The standard InChI is InChI=1S/C19H15N.C2H6/c1-14-8-7-13-18-19(14)16-11-5-6-12-17(16)20(18)15-9-3-2-4-10-15;1-2/h2-13H,1H3;1-2H3. The van der Waals surface area contributed by atoms with Crippen molar-refractivity contribution in [1.29, 1.82) is 0 Å². The van der Waals surface area contributed by atoms with Crippen LogP contribution in [0.3, 0.4) is 0 Å². The summed E-state index contributed by atoms with van der Waals surface area (Å²) in [7, 11) is 0. The molecule has 0 aliphatic carbocycles. The fourth-order valence-corrected chi connectivity index (χ4v) is 3.05. The second kappa shape index (κ2) is 6.07. The highest BCUT2D eigenvalue weighted by Crippen LogP contribution is 2.33. The Bertz CT molecular complexity index is 901. The van der Waals surface area contributed by atoms with E-state index in [1.807, 2.05) is 13.8 Å². The average molecular weight is 287 g/mol. The topological polar surface area (TPSA) is 4.93 Å². The SMILES string of the molecule is CC.Cc1cccc2c1c1ccccc1n2-c1ccccc1. The zero-order chi connectivity index (χ0) is 15.5. The fraction of sp³-hybridized carbons (Fsp3) is 0.143. The molecule has 0 spiro atoms. The molecule has 22 heavy (non-hydrogen) atoms. The van der Waals surface area contributed by atoms with Gasteiger partial charge in [0, 0.05) is 16.5 Å². The van der Waals surface area contributed by atoms with Gasteiger partial charge in [-0.25, -0.2) is 0 Å². The Morgan fingerprint density at radius 2 is 1.27 bits per heavy atom. The van der Waals surface area contributed by atoms with Gasteiger partial charge >= 0.3 is 0 Å². The molecule has 0 bridgehead atoms. The van der Waals surface area contributed by atoms with Crippen LogP contribution in [0, 0.1) is 6.92 Å². The van der Waals surface area contributed by atoms with Crippen LogP contribution in [0.2, 0.25) is 0 Å². The number of nitrogens with zero attached hydrogens (tertiary/aromatic N) is 1. The first kappa shape index (κ1) is 14.4. The van der Waals surface area contributed by atoms with Crippen LogP contribution in [0.4, 0.5) is 0 Å². The van der Waals surface area contributed by atoms with Crippen LogP contribution < -0.4 is 0 Å². The third-order valence-corrected chi connectivity index (χ3v) is 3.92. The number of aromatic nitrogens is 1. The normalized spacial score (nSPS) is 10.5. The van der Waals surface area contributed by atoms with Gasteiger partial charge in [-0.05, 0) is 36.8 Å². The third kappa shape index (κ3) is 2.19. The molecule has 0 atom stereocenters. The van der Waals surface area contributed by atoms with Crippen LogP contribution in [0.1, 0.15) is 19.4 Å². The van der Waals surface area contributed by atoms with E-state index in [4.69, 9.17) is 0 Å². The van der Waals surface area contributed by atoms with Crippen molar-refractivity contribution in [2.24, 2.45) is 0 Å². The largest absolute Gasteiger partial charge is 0.309 e. The van der Waals surface area contributed by atoms with Gasteiger partial charge in [0.2, 0.25) is 0 Å². The molecule has 0 aliphatic heterocycles. The van der Waals surface area contributed by atoms with E-state index in [0.29, 0.717) is 0 Å². The van der Waals surface area contributed by atoms with E-state index < -0.39 is 0 Å². The van der Waals surface area contributed by atoms with Crippen LogP contribution in [0.15, 0.2) is 72.8 Å². The lowest BCUT2D eigenvalue weighted by Gasteiger charge is -2.07. The molecule has 1 nitrogen and oxygen atoms in total. The van der Waals surface area contributed by atoms with Crippen molar-refractivity contribution in [3.63, 3.8) is 0 Å². The quantitative estimate of drug-likeness (QED) is 0.397. The van der Waals surface area contributed by atoms with Crippen molar-refractivity contribution in [2.75, 3.05) is 0 Å². The molecule has 1 heteroatoms. The minimum Gasteiger partial charge on any atom is -0.309 e. The molecule has 0 unspecified atom stereocenters. The molecule has 0 amide bonds. The summed E-state index contributed by atoms with van der Waals surface area (Å²) in [4.78, 5) is 0. The highest BCUT2D eigenvalue weighted by Gasteiger charge is 2.12. The number of benzene rings is 3. The van der Waals surface area contributed by atoms with Gasteiger partial charge in [-0.3, -0.25) is 0 Å². The molecule has 3 aromatic carbocycles. The molecule has 110 valence electrons. The van der Waals surface area contributed by atoms with Crippen LogP contribution >= 0.6 is 0 Å². The monoisotopic (exact) mass is 287 g/mol. The van der Waals surface area contributed by atoms with Gasteiger partial charge in [-0.1, -0.05) is 62.4 Å². The van der Waals surface area contributed by atoms with Gasteiger partial charge in [0.15, 0.2) is 0 Å². The zero-order valence-electron chi connectivity index (χ0n) is 13.4. The number of hydrogen-bond acceptors (Lipinski definition) is 0. The number of fused-ring (bicyclic) bond motifs is 3. The van der Waals surface area contributed by atoms with Crippen molar-refractivity contribution < 1.29 is 0 Å². The Morgan fingerprint density at radius 1 is 0.636 bits per heavy atom. The Hall–Kier alpha value is -2.54. The van der Waals surface area contributed by atoms with Crippen molar-refractivity contribution in [1.82, 2.24) is 4.57 Å². The number of para-hydroxylation sites is 2. The van der Waals surface area contributed by atoms with Crippen molar-refractivity contribution in [2.45, 2.75) is 20.8 Å². The second-order valence-corrected chi connectivity index (χ2v) is 5.16. The summed E-state index contributed by atoms with van der Waals surface area (Å²) in [6, 6.07) is 25.7. The van der Waals surface area contributed by atoms with E-state index in [1.54, 1.807) is 0 Å². The summed E-state index contributed by atoms with van der Waals surface area (Å²) in [6.07, 6.45) is 0. The number of rotatable bonds is 1. The summed E-state index contributed by atoms with van der Waals surface area (Å²) >= 11 is 0. The first-order valence-corrected chi connectivity index (χ1v) is 7.90. The minimum atomic E-state index is 1.21. The Labute approximate surface area is 131 Å². The van der Waals surface area contributed by atoms with Gasteiger partial charge in [0.05, 0.1) is 11.0 Å². The summed E-state index contributed by atoms with van der Waals surface area (Å²) < 4.78 is 2.34. The lowest BCUT2D eigenvalue weighted by molar-refractivity contribution is 1.18. The second-order valence-electron chi connectivity index (χ2n) is 5.16. The van der Waals surface area contributed by atoms with E-state index in [0.717, 1.165) is 0 Å². The lowest BCUT2D eigenvalue weighted by atomic mass is 10.1. The van der Waals surface area contributed by atoms with Crippen molar-refractivity contribution >= 4 is 21.8 Å². The van der Waals surface area contributed by atoms with Crippen molar-refractivity contribution in [3.8, 4) is 5.69 Å². The first-order chi connectivity index (χ1) is 10.9. The van der Waals surface area contributed by atoms with E-state index in [1.165, 1.54) is 33.1 Å². The molecule has 4 aromatic rings. The summed E-state index contributed by atoms with van der Waals surface area (Å²) in [5.41, 5.74) is 5.08. The molecular formula is C21H21N. The maximum atomic E-state index is 2.34. The summed E-state index contributed by atoms with van der Waals surface area (Å²) in [5, 5.41) is 2.68. The molecule has 1 aromatic heterocycles. The Kier molecular flexibility index (Phi) is 3.97. The number of hydrogen-bond donors (Lipinski definition) is 0. The lowest BCUT2D eigenvalue weighted by Crippen LogP contribution is -1.92. The van der Waals surface area contributed by atoms with Crippen LogP contribution in [0.25, 0.3) is 27.5 Å². The van der Waals surface area contributed by atoms with Gasteiger partial charge in [-0.2, -0.15) is 0 Å². The molecule has 0 saturated carbocycles. The average Bonchev–Trinajstić information content (AvgIpc) is 2.93. The number of aryl methyl sites for hydroxylation is 1. The smallest absolute Gasteiger partial charge is 0.0543 e. The minimum absolute atomic E-state index is 1.21. The molecule has 0 saturated heterocycles. The summed E-state index contributed by atoms with van der Waals surface area (Å²) in [6.45, 7) is 6.18. The fourth-order valence-electron chi connectivity index (χ4n) is 3.05. The molecule has 0 aliphatic rings. The predicted octanol–water partition coefficient (Wildman–Crippen LogP) is 6.12. The zero-order valence-corrected chi connectivity index (χ0v) is 13.4. The highest BCUT2D eigenvalue weighted by molar-refractivity contribution is 6.10. The Balaban J connectivity index is 0.000000693. The molecular weight excluding hydrogens is 266 g/mol. The van der Waals surface area contributed by atoms with Gasteiger partial charge in [0.25, 0.3) is 0 Å². The van der Waals surface area contributed by atoms with Crippen molar-refractivity contribution in [3.05, 3.63) is 78.4 Å². The van der Waals surface area contributed by atoms with Crippen LogP contribution in [-0.2, 0) is 0 Å². The maximum Gasteiger partial charge on any atom is 0.0543 e.